The molecule has 0 aliphatic carbocycles. The van der Waals surface area contributed by atoms with Crippen molar-refractivity contribution in [2.45, 2.75) is 43.5 Å². The van der Waals surface area contributed by atoms with Crippen molar-refractivity contribution in [3.8, 4) is 0 Å². The van der Waals surface area contributed by atoms with E-state index in [1.807, 2.05) is 0 Å². The third kappa shape index (κ3) is 7.33. The molecular formula is C23H27F3N2O5. The molecule has 2 fully saturated rings. The van der Waals surface area contributed by atoms with Gasteiger partial charge < -0.3 is 24.5 Å². The summed E-state index contributed by atoms with van der Waals surface area (Å²) >= 11 is 0. The Morgan fingerprint density at radius 3 is 2.55 bits per heavy atom. The second-order valence-corrected chi connectivity index (χ2v) is 8.24. The number of carboxylic acid groups (broad SMARTS) is 1. The van der Waals surface area contributed by atoms with Crippen LogP contribution in [0.3, 0.4) is 0 Å². The van der Waals surface area contributed by atoms with Crippen molar-refractivity contribution in [3.63, 3.8) is 0 Å². The smallest absolute Gasteiger partial charge is 0.475 e. The van der Waals surface area contributed by atoms with Gasteiger partial charge in [0.1, 0.15) is 0 Å². The maximum absolute atomic E-state index is 12.2. The Bertz CT molecular complexity index is 905. The fourth-order valence-corrected chi connectivity index (χ4v) is 4.15. The van der Waals surface area contributed by atoms with Crippen molar-refractivity contribution in [1.82, 2.24) is 10.2 Å². The van der Waals surface area contributed by atoms with Crippen LogP contribution in [0.2, 0.25) is 0 Å². The van der Waals surface area contributed by atoms with E-state index in [2.05, 4.69) is 40.5 Å². The van der Waals surface area contributed by atoms with Gasteiger partial charge in [0.25, 0.3) is 5.91 Å². The molecule has 1 aromatic heterocycles. The molecule has 1 spiro atoms. The van der Waals surface area contributed by atoms with Gasteiger partial charge in [-0.05, 0) is 43.4 Å². The summed E-state index contributed by atoms with van der Waals surface area (Å²) in [7, 11) is 0. The topological polar surface area (TPSA) is 92.0 Å². The van der Waals surface area contributed by atoms with Crippen LogP contribution in [-0.4, -0.2) is 65.9 Å². The Kier molecular flexibility index (Phi) is 8.15. The highest BCUT2D eigenvalue weighted by atomic mass is 19.4. The van der Waals surface area contributed by atoms with Gasteiger partial charge in [0.2, 0.25) is 0 Å². The summed E-state index contributed by atoms with van der Waals surface area (Å²) in [5.41, 5.74) is 1.26. The van der Waals surface area contributed by atoms with Crippen LogP contribution in [0.15, 0.2) is 53.1 Å². The Morgan fingerprint density at radius 1 is 1.18 bits per heavy atom. The third-order valence-electron chi connectivity index (χ3n) is 5.77. The quantitative estimate of drug-likeness (QED) is 0.698. The number of ether oxygens (including phenoxy) is 1. The van der Waals surface area contributed by atoms with Crippen LogP contribution in [-0.2, 0) is 16.0 Å². The van der Waals surface area contributed by atoms with E-state index in [1.165, 1.54) is 11.8 Å². The highest BCUT2D eigenvalue weighted by Gasteiger charge is 2.43. The van der Waals surface area contributed by atoms with Crippen molar-refractivity contribution >= 4 is 11.9 Å². The minimum absolute atomic E-state index is 0.115. The normalized spacial score (nSPS) is 23.1. The molecule has 2 aromatic rings. The zero-order valence-corrected chi connectivity index (χ0v) is 18.0. The second-order valence-electron chi connectivity index (χ2n) is 8.24. The Labute approximate surface area is 189 Å². The molecule has 2 aliphatic rings. The van der Waals surface area contributed by atoms with Crippen LogP contribution < -0.4 is 5.32 Å². The van der Waals surface area contributed by atoms with E-state index < -0.39 is 12.1 Å². The molecule has 10 heteroatoms. The number of hydrogen-bond acceptors (Lipinski definition) is 5. The summed E-state index contributed by atoms with van der Waals surface area (Å²) in [6, 6.07) is 14.2. The van der Waals surface area contributed by atoms with Gasteiger partial charge in [-0.3, -0.25) is 4.79 Å². The lowest BCUT2D eigenvalue weighted by Gasteiger charge is -2.38. The largest absolute Gasteiger partial charge is 0.490 e. The number of amides is 1. The predicted molar refractivity (Wildman–Crippen MR) is 113 cm³/mol. The number of carbonyl (C=O) groups is 2. The summed E-state index contributed by atoms with van der Waals surface area (Å²) in [5.74, 6) is -2.51. The number of nitrogens with zero attached hydrogens (tertiary/aromatic N) is 1. The molecule has 2 N–H and O–H groups in total. The molecule has 0 saturated carbocycles. The van der Waals surface area contributed by atoms with Gasteiger partial charge in [0.05, 0.1) is 11.9 Å². The first-order valence-corrected chi connectivity index (χ1v) is 10.7. The fourth-order valence-electron chi connectivity index (χ4n) is 4.15. The number of carbonyl (C=O) groups excluding carboxylic acids is 1. The van der Waals surface area contributed by atoms with E-state index in [4.69, 9.17) is 19.1 Å². The molecule has 2 saturated heterocycles. The lowest BCUT2D eigenvalue weighted by atomic mass is 9.89. The molecule has 1 amide bonds. The predicted octanol–water partition coefficient (Wildman–Crippen LogP) is 3.51. The van der Waals surface area contributed by atoms with Crippen LogP contribution in [0, 0.1) is 0 Å². The van der Waals surface area contributed by atoms with Crippen molar-refractivity contribution in [2.24, 2.45) is 0 Å². The summed E-state index contributed by atoms with van der Waals surface area (Å²) < 4.78 is 43.1. The van der Waals surface area contributed by atoms with Gasteiger partial charge in [0.15, 0.2) is 5.76 Å². The molecule has 7 nitrogen and oxygen atoms in total. The number of alkyl halides is 3. The van der Waals surface area contributed by atoms with Crippen molar-refractivity contribution in [2.75, 3.05) is 26.2 Å². The zero-order chi connectivity index (χ0) is 23.9. The van der Waals surface area contributed by atoms with Crippen LogP contribution in [0.5, 0.6) is 0 Å². The number of carboxylic acids is 1. The molecular weight excluding hydrogens is 441 g/mol. The minimum atomic E-state index is -5.08. The fraction of sp³-hybridized carbons (Fsp3) is 0.478. The number of nitrogens with one attached hydrogen (secondary N) is 1. The maximum Gasteiger partial charge on any atom is 0.490 e. The van der Waals surface area contributed by atoms with Crippen LogP contribution in [0.4, 0.5) is 13.2 Å². The van der Waals surface area contributed by atoms with Gasteiger partial charge in [-0.15, -0.1) is 0 Å². The van der Waals surface area contributed by atoms with Crippen LogP contribution in [0.1, 0.15) is 35.4 Å². The van der Waals surface area contributed by atoms with E-state index in [9.17, 15) is 18.0 Å². The van der Waals surface area contributed by atoms with E-state index >= 15 is 0 Å². The molecule has 2 aliphatic heterocycles. The van der Waals surface area contributed by atoms with E-state index in [-0.39, 0.29) is 17.6 Å². The van der Waals surface area contributed by atoms with E-state index in [0.29, 0.717) is 12.4 Å². The Morgan fingerprint density at radius 2 is 1.91 bits per heavy atom. The number of halogens is 3. The summed E-state index contributed by atoms with van der Waals surface area (Å²) in [4.78, 5) is 23.6. The van der Waals surface area contributed by atoms with Gasteiger partial charge in [-0.1, -0.05) is 30.3 Å². The molecule has 2 atom stereocenters. The van der Waals surface area contributed by atoms with E-state index in [0.717, 1.165) is 45.3 Å². The molecule has 0 radical (unpaired) electrons. The standard InChI is InChI=1S/C21H26N2O3.C2HF3O2/c24-20(19-7-4-13-25-19)22-18-9-14-26-21(15-18)10-12-23(16-21)11-8-17-5-2-1-3-6-17;3-2(4,5)1(6)7/h1-7,13,18H,8-12,14-16H2,(H,22,24);(H,6,7)/t18-,21-;/m1./s1. The van der Waals surface area contributed by atoms with Crippen molar-refractivity contribution in [1.29, 1.82) is 0 Å². The highest BCUT2D eigenvalue weighted by molar-refractivity contribution is 5.91. The van der Waals surface area contributed by atoms with Gasteiger partial charge in [0, 0.05) is 32.3 Å². The maximum atomic E-state index is 12.2. The minimum Gasteiger partial charge on any atom is -0.475 e. The van der Waals surface area contributed by atoms with Crippen LogP contribution in [0.25, 0.3) is 0 Å². The van der Waals surface area contributed by atoms with Crippen molar-refractivity contribution < 1.29 is 37.0 Å². The SMILES string of the molecule is O=C(N[C@@H]1CCO[C@]2(CCN(CCc3ccccc3)C2)C1)c1ccco1.O=C(O)C(F)(F)F. The summed E-state index contributed by atoms with van der Waals surface area (Å²) in [6.07, 6.45) is 0.284. The summed E-state index contributed by atoms with van der Waals surface area (Å²) in [5, 5.41) is 10.2. The number of benzene rings is 1. The summed E-state index contributed by atoms with van der Waals surface area (Å²) in [6.45, 7) is 3.77. The molecule has 0 unspecified atom stereocenters. The first kappa shape index (κ1) is 24.8. The average molecular weight is 468 g/mol. The van der Waals surface area contributed by atoms with Gasteiger partial charge >= 0.3 is 12.1 Å². The first-order chi connectivity index (χ1) is 15.7. The third-order valence-corrected chi connectivity index (χ3v) is 5.77. The van der Waals surface area contributed by atoms with Gasteiger partial charge in [-0.2, -0.15) is 13.2 Å². The van der Waals surface area contributed by atoms with E-state index in [1.54, 1.807) is 12.1 Å². The van der Waals surface area contributed by atoms with Gasteiger partial charge in [-0.25, -0.2) is 4.79 Å². The van der Waals surface area contributed by atoms with Crippen LogP contribution >= 0.6 is 0 Å². The highest BCUT2D eigenvalue weighted by Crippen LogP contribution is 2.34. The molecule has 3 heterocycles. The monoisotopic (exact) mass is 468 g/mol. The lowest BCUT2D eigenvalue weighted by molar-refractivity contribution is -0.192. The lowest BCUT2D eigenvalue weighted by Crippen LogP contribution is -2.50. The molecule has 0 bridgehead atoms. The number of furan rings is 1. The number of likely N-dealkylation sites (tertiary alicyclic amines) is 1. The first-order valence-electron chi connectivity index (χ1n) is 10.7. The molecule has 180 valence electrons. The number of hydrogen-bond donors (Lipinski definition) is 2. The average Bonchev–Trinajstić information content (AvgIpc) is 3.44. The Balaban J connectivity index is 0.000000383. The molecule has 33 heavy (non-hydrogen) atoms. The second kappa shape index (κ2) is 10.8. The molecule has 4 rings (SSSR count). The number of rotatable bonds is 5. The molecule has 1 aromatic carbocycles. The van der Waals surface area contributed by atoms with Crippen molar-refractivity contribution in [3.05, 3.63) is 60.1 Å². The Hall–Kier alpha value is -2.85. The zero-order valence-electron chi connectivity index (χ0n) is 18.0. The number of aliphatic carboxylic acids is 1.